The average molecular weight is 502 g/mol. The second-order valence-corrected chi connectivity index (χ2v) is 7.37. The van der Waals surface area contributed by atoms with Crippen LogP contribution < -0.4 is 10.6 Å². The van der Waals surface area contributed by atoms with Crippen LogP contribution >= 0.6 is 24.0 Å². The molecule has 2 unspecified atom stereocenters. The first-order valence-electron chi connectivity index (χ1n) is 9.91. The molecule has 28 heavy (non-hydrogen) atoms. The summed E-state index contributed by atoms with van der Waals surface area (Å²) in [5.74, 6) is 1.06. The Hall–Kier alpha value is -1.35. The number of hydrogen-bond donors (Lipinski definition) is 2. The molecule has 1 aliphatic rings. The third kappa shape index (κ3) is 7.95. The second-order valence-electron chi connectivity index (χ2n) is 7.37. The summed E-state index contributed by atoms with van der Waals surface area (Å²) in [4.78, 5) is 17.8. The number of carbonyl (C=O) groups is 1. The number of ether oxygens (including phenoxy) is 1. The molecule has 1 heterocycles. The molecule has 1 aromatic rings. The zero-order valence-corrected chi connectivity index (χ0v) is 19.9. The Morgan fingerprint density at radius 2 is 1.96 bits per heavy atom. The van der Waals surface area contributed by atoms with Gasteiger partial charge in [0.15, 0.2) is 5.96 Å². The van der Waals surface area contributed by atoms with Crippen LogP contribution in [0.25, 0.3) is 0 Å². The largest absolute Gasteiger partial charge is 0.373 e. The van der Waals surface area contributed by atoms with Crippen LogP contribution in [0, 0.1) is 12.8 Å². The van der Waals surface area contributed by atoms with Gasteiger partial charge in [-0.1, -0.05) is 36.8 Å². The average Bonchev–Trinajstić information content (AvgIpc) is 2.68. The Bertz CT molecular complexity index is 619. The number of nitrogens with one attached hydrogen (secondary N) is 2. The first-order valence-corrected chi connectivity index (χ1v) is 9.91. The lowest BCUT2D eigenvalue weighted by Gasteiger charge is -2.32. The van der Waals surface area contributed by atoms with E-state index in [9.17, 15) is 4.79 Å². The van der Waals surface area contributed by atoms with Crippen LogP contribution in [0.5, 0.6) is 0 Å². The molecule has 7 heteroatoms. The van der Waals surface area contributed by atoms with Gasteiger partial charge in [0.1, 0.15) is 6.54 Å². The number of halogens is 1. The Morgan fingerprint density at radius 3 is 2.61 bits per heavy atom. The van der Waals surface area contributed by atoms with E-state index in [0.29, 0.717) is 11.9 Å². The van der Waals surface area contributed by atoms with E-state index < -0.39 is 0 Å². The summed E-state index contributed by atoms with van der Waals surface area (Å²) in [5, 5.41) is 6.71. The van der Waals surface area contributed by atoms with Crippen molar-refractivity contribution in [3.63, 3.8) is 0 Å². The molecule has 0 aliphatic carbocycles. The molecular formula is C21H35IN4O2. The number of amides is 1. The fraction of sp³-hybridized carbons (Fsp3) is 0.619. The normalized spacial score (nSPS) is 19.5. The Labute approximate surface area is 186 Å². The molecule has 2 N–H and O–H groups in total. The lowest BCUT2D eigenvalue weighted by atomic mass is 9.89. The fourth-order valence-corrected chi connectivity index (χ4v) is 3.11. The number of hydrogen-bond acceptors (Lipinski definition) is 3. The lowest BCUT2D eigenvalue weighted by molar-refractivity contribution is -0.127. The number of guanidine groups is 1. The van der Waals surface area contributed by atoms with Crippen molar-refractivity contribution < 1.29 is 9.53 Å². The number of likely N-dealkylation sites (N-methyl/N-ethyl adjacent to an activating group) is 1. The van der Waals surface area contributed by atoms with E-state index in [0.717, 1.165) is 39.0 Å². The summed E-state index contributed by atoms with van der Waals surface area (Å²) in [5.41, 5.74) is 2.49. The number of carbonyl (C=O) groups excluding carboxylic acids is 1. The molecule has 0 aromatic heterocycles. The van der Waals surface area contributed by atoms with Gasteiger partial charge in [0.2, 0.25) is 5.91 Å². The summed E-state index contributed by atoms with van der Waals surface area (Å²) in [6.45, 7) is 6.75. The molecule has 2 atom stereocenters. The van der Waals surface area contributed by atoms with Crippen LogP contribution in [0.2, 0.25) is 0 Å². The molecule has 1 aliphatic heterocycles. The van der Waals surface area contributed by atoms with E-state index in [4.69, 9.17) is 4.74 Å². The van der Waals surface area contributed by atoms with Gasteiger partial charge in [-0.2, -0.15) is 0 Å². The van der Waals surface area contributed by atoms with Crippen molar-refractivity contribution in [2.45, 2.75) is 39.2 Å². The van der Waals surface area contributed by atoms with Crippen LogP contribution in [-0.4, -0.2) is 57.1 Å². The van der Waals surface area contributed by atoms with Gasteiger partial charge in [-0.25, -0.2) is 4.99 Å². The minimum atomic E-state index is -0.00821. The minimum absolute atomic E-state index is 0. The smallest absolute Gasteiger partial charge is 0.243 e. The van der Waals surface area contributed by atoms with E-state index in [-0.39, 0.29) is 42.5 Å². The summed E-state index contributed by atoms with van der Waals surface area (Å²) in [6.07, 6.45) is 3.29. The summed E-state index contributed by atoms with van der Waals surface area (Å²) in [7, 11) is 3.49. The molecular weight excluding hydrogens is 467 g/mol. The Kier molecular flexibility index (Phi) is 11.4. The minimum Gasteiger partial charge on any atom is -0.373 e. The molecule has 0 bridgehead atoms. The fourth-order valence-electron chi connectivity index (χ4n) is 3.11. The van der Waals surface area contributed by atoms with E-state index in [1.165, 1.54) is 11.1 Å². The molecule has 2 rings (SSSR count). The van der Waals surface area contributed by atoms with E-state index in [1.54, 1.807) is 19.0 Å². The zero-order chi connectivity index (χ0) is 19.6. The third-order valence-corrected chi connectivity index (χ3v) is 4.80. The maximum absolute atomic E-state index is 11.8. The van der Waals surface area contributed by atoms with Crippen LogP contribution in [0.1, 0.15) is 43.4 Å². The Balaban J connectivity index is 0.00000392. The highest BCUT2D eigenvalue weighted by atomic mass is 127. The second kappa shape index (κ2) is 13.0. The van der Waals surface area contributed by atoms with Crippen molar-refractivity contribution in [2.75, 3.05) is 40.3 Å². The molecule has 0 spiro atoms. The molecule has 0 saturated carbocycles. The zero-order valence-electron chi connectivity index (χ0n) is 17.5. The molecule has 1 amide bonds. The van der Waals surface area contributed by atoms with Crippen molar-refractivity contribution >= 4 is 35.8 Å². The summed E-state index contributed by atoms with van der Waals surface area (Å²) < 4.78 is 6.10. The van der Waals surface area contributed by atoms with Gasteiger partial charge in [0, 0.05) is 39.7 Å². The van der Waals surface area contributed by atoms with Crippen LogP contribution in [0.15, 0.2) is 29.3 Å². The van der Waals surface area contributed by atoms with E-state index in [2.05, 4.69) is 53.7 Å². The molecule has 1 saturated heterocycles. The first kappa shape index (κ1) is 24.7. The highest BCUT2D eigenvalue weighted by Gasteiger charge is 2.27. The standard InChI is InChI=1S/C21H34N4O2.HI/c1-5-12-22-21(24-15-19(26)25(3)4)23-14-18-7-6-13-27-20(18)17-10-8-16(2)9-11-17;/h8-11,18,20H,5-7,12-15H2,1-4H3,(H2,22,23,24);1H. The van der Waals surface area contributed by atoms with Gasteiger partial charge in [0.25, 0.3) is 0 Å². The van der Waals surface area contributed by atoms with Gasteiger partial charge in [-0.3, -0.25) is 4.79 Å². The van der Waals surface area contributed by atoms with Crippen LogP contribution in [0.3, 0.4) is 0 Å². The van der Waals surface area contributed by atoms with Crippen molar-refractivity contribution in [2.24, 2.45) is 10.9 Å². The third-order valence-electron chi connectivity index (χ3n) is 4.80. The molecule has 0 radical (unpaired) electrons. The maximum Gasteiger partial charge on any atom is 0.243 e. The molecule has 6 nitrogen and oxygen atoms in total. The van der Waals surface area contributed by atoms with Crippen molar-refractivity contribution in [1.29, 1.82) is 0 Å². The number of nitrogens with zero attached hydrogens (tertiary/aromatic N) is 2. The SMILES string of the molecule is CCCNC(=NCC(=O)N(C)C)NCC1CCCOC1c1ccc(C)cc1.I. The first-order chi connectivity index (χ1) is 13.0. The van der Waals surface area contributed by atoms with E-state index >= 15 is 0 Å². The maximum atomic E-state index is 11.8. The topological polar surface area (TPSA) is 66.0 Å². The number of aryl methyl sites for hydroxylation is 1. The molecule has 1 fully saturated rings. The number of aliphatic imine (C=N–C) groups is 1. The van der Waals surface area contributed by atoms with Crippen LogP contribution in [-0.2, 0) is 9.53 Å². The predicted molar refractivity (Wildman–Crippen MR) is 125 cm³/mol. The summed E-state index contributed by atoms with van der Waals surface area (Å²) >= 11 is 0. The monoisotopic (exact) mass is 502 g/mol. The van der Waals surface area contributed by atoms with Crippen molar-refractivity contribution in [1.82, 2.24) is 15.5 Å². The summed E-state index contributed by atoms with van der Waals surface area (Å²) in [6, 6.07) is 8.61. The van der Waals surface area contributed by atoms with Gasteiger partial charge in [-0.15, -0.1) is 24.0 Å². The van der Waals surface area contributed by atoms with Gasteiger partial charge in [-0.05, 0) is 31.7 Å². The van der Waals surface area contributed by atoms with Gasteiger partial charge >= 0.3 is 0 Å². The van der Waals surface area contributed by atoms with Gasteiger partial charge in [0.05, 0.1) is 6.10 Å². The van der Waals surface area contributed by atoms with E-state index in [1.807, 2.05) is 0 Å². The van der Waals surface area contributed by atoms with Gasteiger partial charge < -0.3 is 20.3 Å². The quantitative estimate of drug-likeness (QED) is 0.342. The molecule has 1 aromatic carbocycles. The van der Waals surface area contributed by atoms with Crippen LogP contribution in [0.4, 0.5) is 0 Å². The van der Waals surface area contributed by atoms with Crippen molar-refractivity contribution in [3.05, 3.63) is 35.4 Å². The highest BCUT2D eigenvalue weighted by Crippen LogP contribution is 2.33. The number of benzene rings is 1. The lowest BCUT2D eigenvalue weighted by Crippen LogP contribution is -2.42. The number of rotatable bonds is 7. The highest BCUT2D eigenvalue weighted by molar-refractivity contribution is 14.0. The molecule has 158 valence electrons. The van der Waals surface area contributed by atoms with Crippen molar-refractivity contribution in [3.8, 4) is 0 Å². The predicted octanol–water partition coefficient (Wildman–Crippen LogP) is 3.11. The Morgan fingerprint density at radius 1 is 1.25 bits per heavy atom.